The van der Waals surface area contributed by atoms with E-state index in [9.17, 15) is 14.7 Å². The molecule has 2 unspecified atom stereocenters. The summed E-state index contributed by atoms with van der Waals surface area (Å²) < 4.78 is 12.5. The molecule has 1 aliphatic carbocycles. The van der Waals surface area contributed by atoms with Gasteiger partial charge in [-0.15, -0.1) is 0 Å². The number of halogens is 1. The number of rotatable bonds is 3. The number of carboxylic acids is 1. The van der Waals surface area contributed by atoms with Crippen LogP contribution in [0.1, 0.15) is 61.4 Å². The van der Waals surface area contributed by atoms with Crippen molar-refractivity contribution < 1.29 is 24.2 Å². The van der Waals surface area contributed by atoms with Crippen molar-refractivity contribution in [1.82, 2.24) is 10.2 Å². The smallest absolute Gasteiger partial charge is 0.336 e. The number of nitrogens with one attached hydrogen (secondary N) is 1. The Morgan fingerprint density at radius 2 is 1.97 bits per heavy atom. The van der Waals surface area contributed by atoms with E-state index >= 15 is 0 Å². The Hall–Kier alpha value is -1.99. The highest BCUT2D eigenvalue weighted by Gasteiger charge is 2.50. The van der Waals surface area contributed by atoms with Crippen LogP contribution in [0.3, 0.4) is 0 Å². The number of nitrogens with zero attached hydrogens (tertiary/aromatic N) is 1. The van der Waals surface area contributed by atoms with E-state index in [-0.39, 0.29) is 27.8 Å². The van der Waals surface area contributed by atoms with Gasteiger partial charge in [0.05, 0.1) is 10.6 Å². The fourth-order valence-electron chi connectivity index (χ4n) is 6.02. The zero-order chi connectivity index (χ0) is 22.0. The molecule has 1 spiro atoms. The zero-order valence-electron chi connectivity index (χ0n) is 18.0. The molecule has 3 aliphatic heterocycles. The van der Waals surface area contributed by atoms with Crippen molar-refractivity contribution in [3.8, 4) is 11.5 Å². The molecule has 2 N–H and O–H groups in total. The van der Waals surface area contributed by atoms with Gasteiger partial charge < -0.3 is 19.9 Å². The highest BCUT2D eigenvalue weighted by molar-refractivity contribution is 6.32. The molecule has 0 bridgehead atoms. The quantitative estimate of drug-likeness (QED) is 0.734. The maximum absolute atomic E-state index is 11.7. The maximum Gasteiger partial charge on any atom is 0.336 e. The first kappa shape index (κ1) is 20.9. The van der Waals surface area contributed by atoms with Gasteiger partial charge in [0, 0.05) is 49.4 Å². The van der Waals surface area contributed by atoms with Gasteiger partial charge in [0.2, 0.25) is 5.91 Å². The van der Waals surface area contributed by atoms with E-state index in [0.29, 0.717) is 29.5 Å². The normalized spacial score (nSPS) is 35.0. The van der Waals surface area contributed by atoms with Crippen LogP contribution in [0, 0.1) is 18.3 Å². The Morgan fingerprint density at radius 1 is 1.26 bits per heavy atom. The summed E-state index contributed by atoms with van der Waals surface area (Å²) >= 11 is 6.33. The number of carbonyl (C=O) groups excluding carboxylic acids is 1. The van der Waals surface area contributed by atoms with Crippen LogP contribution >= 0.6 is 11.6 Å². The van der Waals surface area contributed by atoms with Gasteiger partial charge in [-0.25, -0.2) is 4.79 Å². The number of hydrogen-bond donors (Lipinski definition) is 2. The lowest BCUT2D eigenvalue weighted by Crippen LogP contribution is -2.47. The standard InChI is InChI=1S/C23H29ClN2O5/c1-13-16(21(28)29)9-17(24)20-19(13)30-22(2,31-20)14-3-5-15(6-4-14)26-8-7-23(12-26)10-18(27)25-11-23/h9,14-15H,3-8,10-12H2,1-2H3,(H,25,27)(H,28,29). The Labute approximate surface area is 187 Å². The lowest BCUT2D eigenvalue weighted by atomic mass is 9.80. The summed E-state index contributed by atoms with van der Waals surface area (Å²) in [6, 6.07) is 1.97. The van der Waals surface area contributed by atoms with Crippen molar-refractivity contribution in [3.05, 3.63) is 22.2 Å². The molecule has 0 radical (unpaired) electrons. The summed E-state index contributed by atoms with van der Waals surface area (Å²) in [4.78, 5) is 25.8. The molecule has 2 saturated heterocycles. The van der Waals surface area contributed by atoms with E-state index in [0.717, 1.165) is 51.7 Å². The fourth-order valence-corrected chi connectivity index (χ4v) is 6.26. The van der Waals surface area contributed by atoms with Crippen molar-refractivity contribution in [2.24, 2.45) is 11.3 Å². The third-order valence-electron chi connectivity index (χ3n) is 7.90. The number of fused-ring (bicyclic) bond motifs is 1. The van der Waals surface area contributed by atoms with E-state index in [1.807, 2.05) is 6.92 Å². The van der Waals surface area contributed by atoms with Crippen LogP contribution in [-0.4, -0.2) is 53.3 Å². The highest BCUT2D eigenvalue weighted by Crippen LogP contribution is 2.52. The van der Waals surface area contributed by atoms with E-state index in [1.54, 1.807) is 6.92 Å². The number of likely N-dealkylation sites (tertiary alicyclic amines) is 1. The predicted octanol–water partition coefficient (Wildman–Crippen LogP) is 3.60. The third kappa shape index (κ3) is 3.46. The van der Waals surface area contributed by atoms with Crippen LogP contribution in [-0.2, 0) is 4.79 Å². The highest BCUT2D eigenvalue weighted by atomic mass is 35.5. The first-order valence-electron chi connectivity index (χ1n) is 11.1. The van der Waals surface area contributed by atoms with Crippen LogP contribution in [0.25, 0.3) is 0 Å². The molecule has 3 heterocycles. The lowest BCUT2D eigenvalue weighted by Gasteiger charge is -2.40. The average Bonchev–Trinajstić information content (AvgIpc) is 3.43. The molecule has 2 atom stereocenters. The number of carboxylic acid groups (broad SMARTS) is 1. The van der Waals surface area contributed by atoms with Crippen molar-refractivity contribution in [2.75, 3.05) is 19.6 Å². The minimum absolute atomic E-state index is 0.134. The van der Waals surface area contributed by atoms with Gasteiger partial charge in [0.25, 0.3) is 5.79 Å². The summed E-state index contributed by atoms with van der Waals surface area (Å²) in [5.41, 5.74) is 0.824. The second kappa shape index (κ2) is 7.27. The maximum atomic E-state index is 11.7. The van der Waals surface area contributed by atoms with Gasteiger partial charge in [0.15, 0.2) is 11.5 Å². The van der Waals surface area contributed by atoms with Gasteiger partial charge in [-0.2, -0.15) is 0 Å². The number of benzene rings is 1. The summed E-state index contributed by atoms with van der Waals surface area (Å²) in [7, 11) is 0. The molecule has 1 aromatic rings. The molecule has 7 nitrogen and oxygen atoms in total. The minimum Gasteiger partial charge on any atom is -0.478 e. The van der Waals surface area contributed by atoms with Gasteiger partial charge in [0.1, 0.15) is 0 Å². The summed E-state index contributed by atoms with van der Waals surface area (Å²) in [5.74, 6) is -0.572. The lowest BCUT2D eigenvalue weighted by molar-refractivity contribution is -0.124. The van der Waals surface area contributed by atoms with Crippen molar-refractivity contribution in [2.45, 2.75) is 64.2 Å². The largest absolute Gasteiger partial charge is 0.478 e. The second-order valence-electron chi connectivity index (χ2n) is 9.89. The molecule has 1 amide bonds. The number of ether oxygens (including phenoxy) is 2. The van der Waals surface area contributed by atoms with Crippen LogP contribution < -0.4 is 14.8 Å². The van der Waals surface area contributed by atoms with Gasteiger partial charge in [-0.1, -0.05) is 11.6 Å². The minimum atomic E-state index is -1.03. The van der Waals surface area contributed by atoms with Gasteiger partial charge >= 0.3 is 5.97 Å². The number of hydrogen-bond acceptors (Lipinski definition) is 5. The average molecular weight is 449 g/mol. The molecule has 4 aliphatic rings. The Kier molecular flexibility index (Phi) is 4.90. The van der Waals surface area contributed by atoms with E-state index in [2.05, 4.69) is 10.2 Å². The van der Waals surface area contributed by atoms with E-state index in [4.69, 9.17) is 21.1 Å². The summed E-state index contributed by atoms with van der Waals surface area (Å²) in [6.45, 7) is 6.55. The molecule has 5 rings (SSSR count). The summed E-state index contributed by atoms with van der Waals surface area (Å²) in [6.07, 6.45) is 5.82. The Morgan fingerprint density at radius 3 is 2.61 bits per heavy atom. The molecule has 1 saturated carbocycles. The van der Waals surface area contributed by atoms with Gasteiger partial charge in [-0.3, -0.25) is 9.69 Å². The van der Waals surface area contributed by atoms with Crippen molar-refractivity contribution in [1.29, 1.82) is 0 Å². The van der Waals surface area contributed by atoms with Crippen LogP contribution in [0.15, 0.2) is 6.07 Å². The van der Waals surface area contributed by atoms with Crippen molar-refractivity contribution in [3.63, 3.8) is 0 Å². The van der Waals surface area contributed by atoms with E-state index < -0.39 is 11.8 Å². The molecule has 8 heteroatoms. The van der Waals surface area contributed by atoms with Crippen LogP contribution in [0.5, 0.6) is 11.5 Å². The van der Waals surface area contributed by atoms with Crippen LogP contribution in [0.4, 0.5) is 0 Å². The van der Waals surface area contributed by atoms with Gasteiger partial charge in [-0.05, 0) is 51.6 Å². The van der Waals surface area contributed by atoms with E-state index in [1.165, 1.54) is 6.07 Å². The molecule has 168 valence electrons. The summed E-state index contributed by atoms with van der Waals surface area (Å²) in [5, 5.41) is 12.7. The number of carbonyl (C=O) groups is 2. The zero-order valence-corrected chi connectivity index (χ0v) is 18.8. The topological polar surface area (TPSA) is 88.1 Å². The molecule has 0 aromatic heterocycles. The number of amides is 1. The SMILES string of the molecule is Cc1c(C(=O)O)cc(Cl)c2c1OC(C)(C1CCC(N3CCC4(CNC(=O)C4)C3)CC1)O2. The Balaban J connectivity index is 1.25. The number of aromatic carboxylic acids is 1. The predicted molar refractivity (Wildman–Crippen MR) is 115 cm³/mol. The molecule has 1 aromatic carbocycles. The third-order valence-corrected chi connectivity index (χ3v) is 8.18. The first-order chi connectivity index (χ1) is 14.7. The molecule has 31 heavy (non-hydrogen) atoms. The fraction of sp³-hybridized carbons (Fsp3) is 0.652. The molecular weight excluding hydrogens is 420 g/mol. The molecular formula is C23H29ClN2O5. The Bertz CT molecular complexity index is 944. The molecule has 3 fully saturated rings. The monoisotopic (exact) mass is 448 g/mol. The first-order valence-corrected chi connectivity index (χ1v) is 11.5. The van der Waals surface area contributed by atoms with Crippen LogP contribution in [0.2, 0.25) is 5.02 Å². The van der Waals surface area contributed by atoms with Crippen molar-refractivity contribution >= 4 is 23.5 Å². The second-order valence-corrected chi connectivity index (χ2v) is 10.3.